The first-order valence-corrected chi connectivity index (χ1v) is 11.6. The molecular formula is C28H29NO7. The predicted octanol–water partition coefficient (Wildman–Crippen LogP) is 4.23. The van der Waals surface area contributed by atoms with Gasteiger partial charge in [-0.15, -0.1) is 0 Å². The Morgan fingerprint density at radius 2 is 1.69 bits per heavy atom. The lowest BCUT2D eigenvalue weighted by molar-refractivity contribution is 0.109. The van der Waals surface area contributed by atoms with Crippen LogP contribution in [0.1, 0.15) is 5.56 Å². The van der Waals surface area contributed by atoms with E-state index < -0.39 is 11.3 Å². The van der Waals surface area contributed by atoms with Crippen LogP contribution in [0, 0.1) is 0 Å². The second kappa shape index (κ2) is 11.8. The SMILES string of the molecule is C=CCOc1ccc2c(-c3cc4ccccc4oc3=O)cc(=O)oc2c1CN(CCOC)CCOC. The van der Waals surface area contributed by atoms with Crippen molar-refractivity contribution in [2.45, 2.75) is 6.54 Å². The predicted molar refractivity (Wildman–Crippen MR) is 139 cm³/mol. The molecule has 36 heavy (non-hydrogen) atoms. The molecule has 0 radical (unpaired) electrons. The summed E-state index contributed by atoms with van der Waals surface area (Å²) in [7, 11) is 3.29. The molecule has 0 aliphatic carbocycles. The molecule has 2 aromatic heterocycles. The molecule has 0 fully saturated rings. The normalized spacial score (nSPS) is 11.4. The minimum atomic E-state index is -0.576. The van der Waals surface area contributed by atoms with E-state index in [4.69, 9.17) is 23.0 Å². The number of hydrogen-bond acceptors (Lipinski definition) is 8. The summed E-state index contributed by atoms with van der Waals surface area (Å²) in [6.07, 6.45) is 1.65. The van der Waals surface area contributed by atoms with Crippen LogP contribution in [0.4, 0.5) is 0 Å². The Morgan fingerprint density at radius 3 is 2.42 bits per heavy atom. The number of para-hydroxylation sites is 1. The fourth-order valence-electron chi connectivity index (χ4n) is 4.10. The van der Waals surface area contributed by atoms with E-state index in [2.05, 4.69) is 11.5 Å². The van der Waals surface area contributed by atoms with Crippen molar-refractivity contribution < 1.29 is 23.0 Å². The molecule has 0 saturated heterocycles. The van der Waals surface area contributed by atoms with E-state index in [1.54, 1.807) is 44.6 Å². The van der Waals surface area contributed by atoms with Crippen molar-refractivity contribution in [1.82, 2.24) is 4.90 Å². The summed E-state index contributed by atoms with van der Waals surface area (Å²) in [6, 6.07) is 13.9. The third-order valence-corrected chi connectivity index (χ3v) is 5.87. The minimum Gasteiger partial charge on any atom is -0.489 e. The van der Waals surface area contributed by atoms with Crippen LogP contribution in [-0.4, -0.2) is 52.0 Å². The molecule has 0 saturated carbocycles. The van der Waals surface area contributed by atoms with Crippen molar-refractivity contribution in [3.8, 4) is 16.9 Å². The zero-order valence-electron chi connectivity index (χ0n) is 20.5. The Hall–Kier alpha value is -3.72. The molecule has 8 heteroatoms. The van der Waals surface area contributed by atoms with Gasteiger partial charge in [-0.05, 0) is 24.3 Å². The summed E-state index contributed by atoms with van der Waals surface area (Å²) in [4.78, 5) is 27.8. The smallest absolute Gasteiger partial charge is 0.344 e. The van der Waals surface area contributed by atoms with Gasteiger partial charge in [-0.1, -0.05) is 30.9 Å². The van der Waals surface area contributed by atoms with Gasteiger partial charge in [0.25, 0.3) is 0 Å². The van der Waals surface area contributed by atoms with Gasteiger partial charge in [0, 0.05) is 56.3 Å². The van der Waals surface area contributed by atoms with E-state index in [-0.39, 0.29) is 12.2 Å². The van der Waals surface area contributed by atoms with Gasteiger partial charge in [0.05, 0.1) is 24.3 Å². The van der Waals surface area contributed by atoms with Crippen molar-refractivity contribution in [3.05, 3.63) is 87.6 Å². The highest BCUT2D eigenvalue weighted by molar-refractivity contribution is 5.97. The van der Waals surface area contributed by atoms with E-state index >= 15 is 0 Å². The monoisotopic (exact) mass is 491 g/mol. The molecule has 0 N–H and O–H groups in total. The van der Waals surface area contributed by atoms with Crippen LogP contribution in [0.2, 0.25) is 0 Å². The van der Waals surface area contributed by atoms with Crippen LogP contribution < -0.4 is 16.0 Å². The highest BCUT2D eigenvalue weighted by atomic mass is 16.5. The first kappa shape index (κ1) is 25.4. The lowest BCUT2D eigenvalue weighted by Crippen LogP contribution is -2.30. The quantitative estimate of drug-likeness (QED) is 0.215. The number of hydrogen-bond donors (Lipinski definition) is 0. The first-order valence-electron chi connectivity index (χ1n) is 11.6. The van der Waals surface area contributed by atoms with Crippen molar-refractivity contribution in [3.63, 3.8) is 0 Å². The summed E-state index contributed by atoms with van der Waals surface area (Å²) in [5, 5.41) is 1.36. The number of benzene rings is 2. The van der Waals surface area contributed by atoms with Gasteiger partial charge in [0.15, 0.2) is 0 Å². The van der Waals surface area contributed by atoms with E-state index in [9.17, 15) is 9.59 Å². The van der Waals surface area contributed by atoms with Crippen molar-refractivity contribution in [2.75, 3.05) is 47.1 Å². The maximum absolute atomic E-state index is 12.9. The van der Waals surface area contributed by atoms with Crippen LogP contribution in [0.15, 0.2) is 79.6 Å². The van der Waals surface area contributed by atoms with E-state index in [1.807, 2.05) is 18.2 Å². The van der Waals surface area contributed by atoms with Crippen molar-refractivity contribution >= 4 is 21.9 Å². The second-order valence-corrected chi connectivity index (χ2v) is 8.24. The number of rotatable bonds is 12. The highest BCUT2D eigenvalue weighted by Crippen LogP contribution is 2.34. The maximum atomic E-state index is 12.9. The van der Waals surface area contributed by atoms with Crippen LogP contribution >= 0.6 is 0 Å². The summed E-state index contributed by atoms with van der Waals surface area (Å²) in [5.74, 6) is 0.563. The summed E-state index contributed by atoms with van der Waals surface area (Å²) < 4.78 is 27.7. The topological polar surface area (TPSA) is 91.4 Å². The number of methoxy groups -OCH3 is 2. The first-order chi connectivity index (χ1) is 17.5. The molecule has 8 nitrogen and oxygen atoms in total. The van der Waals surface area contributed by atoms with Gasteiger partial charge < -0.3 is 23.0 Å². The fourth-order valence-corrected chi connectivity index (χ4v) is 4.10. The Kier molecular flexibility index (Phi) is 8.32. The third kappa shape index (κ3) is 5.57. The second-order valence-electron chi connectivity index (χ2n) is 8.24. The Labute approximate surface area is 208 Å². The molecule has 188 valence electrons. The van der Waals surface area contributed by atoms with Gasteiger partial charge in [-0.2, -0.15) is 0 Å². The number of fused-ring (bicyclic) bond motifs is 2. The van der Waals surface area contributed by atoms with Gasteiger partial charge in [0.2, 0.25) is 0 Å². The zero-order valence-corrected chi connectivity index (χ0v) is 20.5. The lowest BCUT2D eigenvalue weighted by atomic mass is 9.99. The molecular weight excluding hydrogens is 462 g/mol. The molecule has 2 heterocycles. The molecule has 4 rings (SSSR count). The van der Waals surface area contributed by atoms with Gasteiger partial charge in [-0.25, -0.2) is 9.59 Å². The van der Waals surface area contributed by atoms with Crippen LogP contribution in [0.3, 0.4) is 0 Å². The molecule has 4 aromatic rings. The summed E-state index contributed by atoms with van der Waals surface area (Å²) in [6.45, 7) is 6.73. The molecule has 0 spiro atoms. The highest BCUT2D eigenvalue weighted by Gasteiger charge is 2.20. The fraction of sp³-hybridized carbons (Fsp3) is 0.286. The minimum absolute atomic E-state index is 0.285. The molecule has 0 amide bonds. The number of ether oxygens (including phenoxy) is 3. The number of nitrogens with zero attached hydrogens (tertiary/aromatic N) is 1. The standard InChI is InChI=1S/C28H29NO7/c1-4-13-34-25-10-9-20-21(22-16-19-7-5-6-8-24(19)35-28(22)31)17-26(30)36-27(20)23(25)18-29(11-14-32-2)12-15-33-3/h4-10,16-17H,1,11-15,18H2,2-3H3. The van der Waals surface area contributed by atoms with E-state index in [0.717, 1.165) is 5.39 Å². The molecule has 2 aromatic carbocycles. The zero-order chi connectivity index (χ0) is 25.5. The van der Waals surface area contributed by atoms with Gasteiger partial charge in [-0.3, -0.25) is 4.90 Å². The molecule has 0 unspecified atom stereocenters. The molecule has 0 bridgehead atoms. The van der Waals surface area contributed by atoms with E-state index in [0.29, 0.717) is 66.3 Å². The lowest BCUT2D eigenvalue weighted by Gasteiger charge is -2.23. The Morgan fingerprint density at radius 1 is 0.944 bits per heavy atom. The van der Waals surface area contributed by atoms with Crippen molar-refractivity contribution in [1.29, 1.82) is 0 Å². The average Bonchev–Trinajstić information content (AvgIpc) is 2.88. The van der Waals surface area contributed by atoms with E-state index in [1.165, 1.54) is 6.07 Å². The summed E-state index contributed by atoms with van der Waals surface area (Å²) in [5.41, 5.74) is 1.14. The Balaban J connectivity index is 1.91. The molecule has 0 aliphatic heterocycles. The van der Waals surface area contributed by atoms with Gasteiger partial charge >= 0.3 is 11.3 Å². The van der Waals surface area contributed by atoms with Crippen molar-refractivity contribution in [2.24, 2.45) is 0 Å². The largest absolute Gasteiger partial charge is 0.489 e. The maximum Gasteiger partial charge on any atom is 0.344 e. The van der Waals surface area contributed by atoms with Crippen LogP contribution in [0.5, 0.6) is 5.75 Å². The molecule has 0 aliphatic rings. The van der Waals surface area contributed by atoms with Crippen LogP contribution in [0.25, 0.3) is 33.1 Å². The average molecular weight is 492 g/mol. The molecule has 0 atom stereocenters. The third-order valence-electron chi connectivity index (χ3n) is 5.87. The Bertz CT molecular complexity index is 1460. The summed E-state index contributed by atoms with van der Waals surface area (Å²) >= 11 is 0. The van der Waals surface area contributed by atoms with Gasteiger partial charge in [0.1, 0.15) is 23.5 Å². The van der Waals surface area contributed by atoms with Crippen LogP contribution in [-0.2, 0) is 16.0 Å².